The van der Waals surface area contributed by atoms with E-state index in [4.69, 9.17) is 16.3 Å². The quantitative estimate of drug-likeness (QED) is 0.448. The number of ketones is 1. The van der Waals surface area contributed by atoms with Gasteiger partial charge in [0.1, 0.15) is 5.75 Å². The number of anilines is 1. The van der Waals surface area contributed by atoms with Crippen LogP contribution in [0, 0.1) is 11.3 Å². The van der Waals surface area contributed by atoms with Gasteiger partial charge in [0, 0.05) is 25.2 Å². The van der Waals surface area contributed by atoms with Crippen molar-refractivity contribution in [3.8, 4) is 11.8 Å². The molecule has 31 heavy (non-hydrogen) atoms. The van der Waals surface area contributed by atoms with Gasteiger partial charge in [-0.3, -0.25) is 9.59 Å². The lowest BCUT2D eigenvalue weighted by Crippen LogP contribution is -2.42. The Morgan fingerprint density at radius 3 is 2.61 bits per heavy atom. The number of aromatic nitrogens is 1. The van der Waals surface area contributed by atoms with Gasteiger partial charge in [-0.2, -0.15) is 5.26 Å². The van der Waals surface area contributed by atoms with Gasteiger partial charge >= 0.3 is 0 Å². The molecule has 0 aliphatic carbocycles. The Kier molecular flexibility index (Phi) is 5.92. The summed E-state index contributed by atoms with van der Waals surface area (Å²) in [7, 11) is 1.49. The minimum absolute atomic E-state index is 0.247. The van der Waals surface area contributed by atoms with Crippen LogP contribution in [0.4, 0.5) is 5.69 Å². The van der Waals surface area contributed by atoms with Gasteiger partial charge in [-0.25, -0.2) is 4.98 Å². The molecule has 0 saturated carbocycles. The van der Waals surface area contributed by atoms with Crippen molar-refractivity contribution in [2.75, 3.05) is 32.1 Å². The molecule has 1 aromatic heterocycles. The van der Waals surface area contributed by atoms with Crippen molar-refractivity contribution in [2.24, 2.45) is 0 Å². The molecular weight excluding hydrogens is 416 g/mol. The largest absolute Gasteiger partial charge is 0.495 e. The Bertz CT molecular complexity index is 1100. The van der Waals surface area contributed by atoms with E-state index in [0.29, 0.717) is 48.5 Å². The number of nitriles is 1. The maximum absolute atomic E-state index is 13.1. The number of halogens is 1. The molecule has 2 aliphatic heterocycles. The average molecular weight is 437 g/mol. The summed E-state index contributed by atoms with van der Waals surface area (Å²) in [6, 6.07) is 11.8. The summed E-state index contributed by atoms with van der Waals surface area (Å²) in [6.45, 7) is 1.07. The molecule has 1 unspecified atom stereocenters. The standard InChI is InChI=1S/C23H21ClN4O3/c1-31-18-13-27-22(24)20-19(18)17(12-26-20)21(29)23(30)28-9-7-15(8-10-28)16(11-25)14-5-3-2-4-6-14/h2-6,13,17,26H,7-10,12H2,1H3. The van der Waals surface area contributed by atoms with Gasteiger partial charge in [0.2, 0.25) is 5.78 Å². The van der Waals surface area contributed by atoms with Gasteiger partial charge in [0.15, 0.2) is 5.15 Å². The third-order valence-electron chi connectivity index (χ3n) is 5.80. The van der Waals surface area contributed by atoms with Gasteiger partial charge in [-0.05, 0) is 24.0 Å². The molecule has 0 bridgehead atoms. The van der Waals surface area contributed by atoms with E-state index in [9.17, 15) is 14.9 Å². The van der Waals surface area contributed by atoms with E-state index in [0.717, 1.165) is 11.1 Å². The smallest absolute Gasteiger partial charge is 0.290 e. The Labute approximate surface area is 185 Å². The summed E-state index contributed by atoms with van der Waals surface area (Å²) in [6.07, 6.45) is 2.59. The van der Waals surface area contributed by atoms with E-state index in [2.05, 4.69) is 16.4 Å². The van der Waals surface area contributed by atoms with Gasteiger partial charge in [0.25, 0.3) is 5.91 Å². The summed E-state index contributed by atoms with van der Waals surface area (Å²) >= 11 is 6.14. The van der Waals surface area contributed by atoms with Crippen molar-refractivity contribution < 1.29 is 14.3 Å². The fourth-order valence-electron chi connectivity index (χ4n) is 4.18. The zero-order valence-electron chi connectivity index (χ0n) is 17.0. The number of carbonyl (C=O) groups is 2. The van der Waals surface area contributed by atoms with E-state index in [1.54, 1.807) is 4.90 Å². The van der Waals surface area contributed by atoms with Gasteiger partial charge in [-0.1, -0.05) is 41.9 Å². The molecule has 1 N–H and O–H groups in total. The number of allylic oxidation sites excluding steroid dienone is 1. The second kappa shape index (κ2) is 8.78. The first-order chi connectivity index (χ1) is 15.0. The summed E-state index contributed by atoms with van der Waals surface area (Å²) < 4.78 is 5.34. The van der Waals surface area contributed by atoms with Crippen LogP contribution in [0.3, 0.4) is 0 Å². The van der Waals surface area contributed by atoms with Crippen LogP contribution in [0.25, 0.3) is 5.57 Å². The Morgan fingerprint density at radius 2 is 1.97 bits per heavy atom. The molecule has 1 fully saturated rings. The number of hydrogen-bond donors (Lipinski definition) is 1. The number of ether oxygens (including phenoxy) is 1. The van der Waals surface area contributed by atoms with Crippen molar-refractivity contribution >= 4 is 34.6 Å². The van der Waals surface area contributed by atoms with Gasteiger partial charge in [0.05, 0.1) is 36.6 Å². The number of rotatable bonds is 4. The molecule has 0 spiro atoms. The van der Waals surface area contributed by atoms with Gasteiger partial charge in [-0.15, -0.1) is 0 Å². The van der Waals surface area contributed by atoms with E-state index >= 15 is 0 Å². The first-order valence-electron chi connectivity index (χ1n) is 10.0. The molecule has 2 aliphatic rings. The second-order valence-electron chi connectivity index (χ2n) is 7.45. The number of piperidine rings is 1. The SMILES string of the molecule is COc1cnc(Cl)c2c1C(C(=O)C(=O)N1CCC(=C(C#N)c3ccccc3)CC1)CN2. The molecule has 4 rings (SSSR count). The minimum atomic E-state index is -0.672. The molecule has 7 nitrogen and oxygen atoms in total. The first-order valence-corrected chi connectivity index (χ1v) is 10.4. The van der Waals surface area contributed by atoms with Crippen molar-refractivity contribution in [1.29, 1.82) is 5.26 Å². The lowest BCUT2D eigenvalue weighted by molar-refractivity contribution is -0.145. The minimum Gasteiger partial charge on any atom is -0.495 e. The van der Waals surface area contributed by atoms with Crippen molar-refractivity contribution in [2.45, 2.75) is 18.8 Å². The maximum Gasteiger partial charge on any atom is 0.290 e. The number of amides is 1. The Balaban J connectivity index is 1.50. The summed E-state index contributed by atoms with van der Waals surface area (Å²) in [5, 5.41) is 12.9. The number of benzene rings is 1. The molecule has 1 saturated heterocycles. The normalized spacial score (nSPS) is 17.4. The Morgan fingerprint density at radius 1 is 1.26 bits per heavy atom. The van der Waals surface area contributed by atoms with Crippen LogP contribution in [0.5, 0.6) is 5.75 Å². The highest BCUT2D eigenvalue weighted by atomic mass is 35.5. The van der Waals surface area contributed by atoms with Crippen molar-refractivity contribution in [3.05, 3.63) is 58.4 Å². The van der Waals surface area contributed by atoms with E-state index < -0.39 is 17.6 Å². The highest BCUT2D eigenvalue weighted by Gasteiger charge is 2.39. The van der Waals surface area contributed by atoms with E-state index in [1.807, 2.05) is 30.3 Å². The number of carbonyl (C=O) groups excluding carboxylic acids is 2. The molecule has 1 amide bonds. The number of likely N-dealkylation sites (tertiary alicyclic amines) is 1. The van der Waals surface area contributed by atoms with Crippen LogP contribution >= 0.6 is 11.6 Å². The Hall–Kier alpha value is -3.37. The number of nitrogens with one attached hydrogen (secondary N) is 1. The third-order valence-corrected chi connectivity index (χ3v) is 6.08. The average Bonchev–Trinajstić information content (AvgIpc) is 3.26. The molecule has 2 aromatic rings. The molecule has 8 heteroatoms. The van der Waals surface area contributed by atoms with Crippen molar-refractivity contribution in [1.82, 2.24) is 9.88 Å². The van der Waals surface area contributed by atoms with Crippen LogP contribution in [0.15, 0.2) is 42.1 Å². The molecule has 1 atom stereocenters. The predicted molar refractivity (Wildman–Crippen MR) is 117 cm³/mol. The van der Waals surface area contributed by atoms with Crippen molar-refractivity contribution in [3.63, 3.8) is 0 Å². The van der Waals surface area contributed by atoms with Crippen LogP contribution in [-0.4, -0.2) is 48.3 Å². The van der Waals surface area contributed by atoms with E-state index in [-0.39, 0.29) is 11.7 Å². The number of methoxy groups -OCH3 is 1. The fraction of sp³-hybridized carbons (Fsp3) is 0.304. The monoisotopic (exact) mass is 436 g/mol. The molecule has 158 valence electrons. The predicted octanol–water partition coefficient (Wildman–Crippen LogP) is 3.42. The van der Waals surface area contributed by atoms with Gasteiger partial charge < -0.3 is 15.0 Å². The topological polar surface area (TPSA) is 95.3 Å². The van der Waals surface area contributed by atoms with Crippen LogP contribution in [0.1, 0.15) is 29.9 Å². The summed E-state index contributed by atoms with van der Waals surface area (Å²) in [4.78, 5) is 31.7. The van der Waals surface area contributed by atoms with Crippen LogP contribution in [0.2, 0.25) is 5.15 Å². The second-order valence-corrected chi connectivity index (χ2v) is 7.81. The zero-order chi connectivity index (χ0) is 22.0. The number of pyridine rings is 1. The number of Topliss-reactive ketones (excluding diaryl/α,β-unsaturated/α-hetero) is 1. The third kappa shape index (κ3) is 3.87. The lowest BCUT2D eigenvalue weighted by atomic mass is 9.92. The fourth-order valence-corrected chi connectivity index (χ4v) is 4.40. The summed E-state index contributed by atoms with van der Waals surface area (Å²) in [5.41, 5.74) is 3.66. The van der Waals surface area contributed by atoms with Crippen LogP contribution < -0.4 is 10.1 Å². The highest BCUT2D eigenvalue weighted by Crippen LogP contribution is 2.42. The molecule has 3 heterocycles. The zero-order valence-corrected chi connectivity index (χ0v) is 17.8. The summed E-state index contributed by atoms with van der Waals surface area (Å²) in [5.74, 6) is -1.26. The van der Waals surface area contributed by atoms with Crippen LogP contribution in [-0.2, 0) is 9.59 Å². The number of hydrogen-bond acceptors (Lipinski definition) is 6. The first kappa shape index (κ1) is 20.9. The molecular formula is C23H21ClN4O3. The lowest BCUT2D eigenvalue weighted by Gasteiger charge is -2.29. The number of fused-ring (bicyclic) bond motifs is 1. The molecule has 1 aromatic carbocycles. The number of nitrogens with zero attached hydrogens (tertiary/aromatic N) is 3. The van der Waals surface area contributed by atoms with E-state index in [1.165, 1.54) is 13.3 Å². The highest BCUT2D eigenvalue weighted by molar-refractivity contribution is 6.39. The molecule has 0 radical (unpaired) electrons. The maximum atomic E-state index is 13.1.